The topological polar surface area (TPSA) is 29.1 Å². The number of Topliss-reactive ketones (excluding diaryl/α,β-unsaturated/α-hetero) is 1. The lowest BCUT2D eigenvalue weighted by atomic mass is 10.0. The van der Waals surface area contributed by atoms with Gasteiger partial charge < -0.3 is 5.32 Å². The van der Waals surface area contributed by atoms with E-state index in [-0.39, 0.29) is 12.3 Å². The van der Waals surface area contributed by atoms with E-state index in [0.29, 0.717) is 5.56 Å². The molecule has 0 saturated heterocycles. The molecule has 100 valence electrons. The molecule has 0 aliphatic carbocycles. The van der Waals surface area contributed by atoms with Gasteiger partial charge in [0, 0.05) is 5.56 Å². The minimum Gasteiger partial charge on any atom is -0.302 e. The van der Waals surface area contributed by atoms with Crippen LogP contribution in [0, 0.1) is 0 Å². The number of carbonyl (C=O) groups excluding carboxylic acids is 1. The molecule has 0 aliphatic heterocycles. The Bertz CT molecular complexity index is 587. The highest BCUT2D eigenvalue weighted by Gasteiger charge is 2.26. The van der Waals surface area contributed by atoms with Crippen LogP contribution in [0.2, 0.25) is 0 Å². The lowest BCUT2D eigenvalue weighted by Crippen LogP contribution is -2.32. The Morgan fingerprint density at radius 1 is 1.05 bits per heavy atom. The number of halogens is 3. The number of carbonyl (C=O) groups is 1. The molecule has 0 bridgehead atoms. The van der Waals surface area contributed by atoms with Crippen LogP contribution in [0.15, 0.2) is 42.5 Å². The molecule has 2 aromatic rings. The average Bonchev–Trinajstić information content (AvgIpc) is 2.36. The van der Waals surface area contributed by atoms with Crippen LogP contribution in [-0.2, 0) is 0 Å². The quantitative estimate of drug-likeness (QED) is 0.862. The number of hydrogen-bond donors (Lipinski definition) is 1. The summed E-state index contributed by atoms with van der Waals surface area (Å²) in [5.41, 5.74) is 0.438. The predicted molar refractivity (Wildman–Crippen MR) is 67.2 cm³/mol. The molecule has 0 unspecified atom stereocenters. The van der Waals surface area contributed by atoms with Crippen LogP contribution in [-0.4, -0.2) is 25.0 Å². The van der Waals surface area contributed by atoms with Crippen molar-refractivity contribution in [2.24, 2.45) is 0 Å². The smallest absolute Gasteiger partial charge is 0.302 e. The molecule has 0 heterocycles. The Labute approximate surface area is 108 Å². The van der Waals surface area contributed by atoms with Crippen molar-refractivity contribution < 1.29 is 18.0 Å². The summed E-state index contributed by atoms with van der Waals surface area (Å²) >= 11 is 0. The third kappa shape index (κ3) is 3.54. The third-order valence-electron chi connectivity index (χ3n) is 2.70. The Balaban J connectivity index is 2.14. The monoisotopic (exact) mass is 267 g/mol. The molecule has 0 aliphatic rings. The Kier molecular flexibility index (Phi) is 3.85. The summed E-state index contributed by atoms with van der Waals surface area (Å²) in [6.07, 6.45) is -4.31. The van der Waals surface area contributed by atoms with Crippen molar-refractivity contribution in [3.05, 3.63) is 48.0 Å². The highest BCUT2D eigenvalue weighted by molar-refractivity contribution is 6.08. The van der Waals surface area contributed by atoms with Gasteiger partial charge in [0.25, 0.3) is 0 Å². The second kappa shape index (κ2) is 5.40. The van der Waals surface area contributed by atoms with Crippen molar-refractivity contribution >= 4 is 16.6 Å². The van der Waals surface area contributed by atoms with Gasteiger partial charge in [-0.3, -0.25) is 4.79 Å². The zero-order valence-corrected chi connectivity index (χ0v) is 10.00. The van der Waals surface area contributed by atoms with Crippen LogP contribution < -0.4 is 5.32 Å². The number of rotatable bonds is 4. The van der Waals surface area contributed by atoms with Crippen molar-refractivity contribution in [1.29, 1.82) is 0 Å². The molecule has 0 atom stereocenters. The van der Waals surface area contributed by atoms with Gasteiger partial charge in [0.1, 0.15) is 0 Å². The van der Waals surface area contributed by atoms with Gasteiger partial charge in [0.2, 0.25) is 0 Å². The molecular weight excluding hydrogens is 255 g/mol. The maximum atomic E-state index is 12.0. The zero-order chi connectivity index (χ0) is 13.9. The lowest BCUT2D eigenvalue weighted by molar-refractivity contribution is -0.124. The van der Waals surface area contributed by atoms with Gasteiger partial charge in [-0.15, -0.1) is 0 Å². The van der Waals surface area contributed by atoms with Crippen LogP contribution >= 0.6 is 0 Å². The molecule has 5 heteroatoms. The summed E-state index contributed by atoms with van der Waals surface area (Å²) in [6.45, 7) is -1.49. The van der Waals surface area contributed by atoms with E-state index in [4.69, 9.17) is 0 Å². The number of hydrogen-bond acceptors (Lipinski definition) is 2. The number of benzene rings is 2. The van der Waals surface area contributed by atoms with Crippen LogP contribution in [0.1, 0.15) is 10.4 Å². The van der Waals surface area contributed by atoms with Gasteiger partial charge in [0.15, 0.2) is 5.78 Å². The van der Waals surface area contributed by atoms with Crippen LogP contribution in [0.25, 0.3) is 10.8 Å². The normalized spacial score (nSPS) is 11.7. The number of ketones is 1. The van der Waals surface area contributed by atoms with E-state index in [1.165, 1.54) is 0 Å². The number of fused-ring (bicyclic) bond motifs is 1. The van der Waals surface area contributed by atoms with Crippen LogP contribution in [0.5, 0.6) is 0 Å². The summed E-state index contributed by atoms with van der Waals surface area (Å²) in [7, 11) is 0. The first kappa shape index (κ1) is 13.5. The second-order valence-electron chi connectivity index (χ2n) is 4.17. The van der Waals surface area contributed by atoms with Gasteiger partial charge in [-0.1, -0.05) is 42.5 Å². The van der Waals surface area contributed by atoms with Crippen molar-refractivity contribution in [2.45, 2.75) is 6.18 Å². The molecule has 2 rings (SSSR count). The molecule has 2 aromatic carbocycles. The first-order valence-electron chi connectivity index (χ1n) is 5.76. The minimum absolute atomic E-state index is 0.326. The van der Waals surface area contributed by atoms with E-state index in [2.05, 4.69) is 5.32 Å². The Hall–Kier alpha value is -1.88. The van der Waals surface area contributed by atoms with E-state index in [0.717, 1.165) is 10.8 Å². The SMILES string of the molecule is O=C(CNCC(F)(F)F)c1cccc2ccccc12. The van der Waals surface area contributed by atoms with Crippen molar-refractivity contribution in [2.75, 3.05) is 13.1 Å². The molecule has 0 spiro atoms. The number of alkyl halides is 3. The lowest BCUT2D eigenvalue weighted by Gasteiger charge is -2.09. The van der Waals surface area contributed by atoms with Crippen molar-refractivity contribution in [3.8, 4) is 0 Å². The average molecular weight is 267 g/mol. The maximum absolute atomic E-state index is 12.0. The van der Waals surface area contributed by atoms with E-state index < -0.39 is 12.7 Å². The molecule has 0 radical (unpaired) electrons. The van der Waals surface area contributed by atoms with E-state index in [1.807, 2.05) is 18.2 Å². The fraction of sp³-hybridized carbons (Fsp3) is 0.214. The van der Waals surface area contributed by atoms with Gasteiger partial charge >= 0.3 is 6.18 Å². The first-order chi connectivity index (χ1) is 8.97. The molecule has 0 saturated carbocycles. The largest absolute Gasteiger partial charge is 0.401 e. The third-order valence-corrected chi connectivity index (χ3v) is 2.70. The fourth-order valence-corrected chi connectivity index (χ4v) is 1.88. The molecule has 0 aromatic heterocycles. The van der Waals surface area contributed by atoms with Crippen LogP contribution in [0.3, 0.4) is 0 Å². The highest BCUT2D eigenvalue weighted by Crippen LogP contribution is 2.19. The van der Waals surface area contributed by atoms with Gasteiger partial charge in [-0.05, 0) is 10.8 Å². The standard InChI is InChI=1S/C14H12F3NO/c15-14(16,17)9-18-8-13(19)12-7-3-5-10-4-1-2-6-11(10)12/h1-7,18H,8-9H2. The highest BCUT2D eigenvalue weighted by atomic mass is 19.4. The molecule has 0 amide bonds. The molecule has 1 N–H and O–H groups in total. The summed E-state index contributed by atoms with van der Waals surface area (Å²) < 4.78 is 36.0. The summed E-state index contributed by atoms with van der Waals surface area (Å²) in [5, 5.41) is 3.76. The van der Waals surface area contributed by atoms with Gasteiger partial charge in [-0.2, -0.15) is 13.2 Å². The predicted octanol–water partition coefficient (Wildman–Crippen LogP) is 3.17. The molecular formula is C14H12F3NO. The first-order valence-corrected chi connectivity index (χ1v) is 5.76. The molecule has 19 heavy (non-hydrogen) atoms. The van der Waals surface area contributed by atoms with E-state index in [9.17, 15) is 18.0 Å². The molecule has 2 nitrogen and oxygen atoms in total. The number of nitrogens with one attached hydrogen (secondary N) is 1. The van der Waals surface area contributed by atoms with Gasteiger partial charge in [-0.25, -0.2) is 0 Å². The minimum atomic E-state index is -4.31. The zero-order valence-electron chi connectivity index (χ0n) is 10.00. The van der Waals surface area contributed by atoms with Gasteiger partial charge in [0.05, 0.1) is 13.1 Å². The fourth-order valence-electron chi connectivity index (χ4n) is 1.88. The second-order valence-corrected chi connectivity index (χ2v) is 4.17. The van der Waals surface area contributed by atoms with E-state index >= 15 is 0 Å². The molecule has 0 fully saturated rings. The summed E-state index contributed by atoms with van der Waals surface area (Å²) in [5.74, 6) is -0.346. The van der Waals surface area contributed by atoms with Crippen molar-refractivity contribution in [1.82, 2.24) is 5.32 Å². The van der Waals surface area contributed by atoms with Crippen molar-refractivity contribution in [3.63, 3.8) is 0 Å². The summed E-state index contributed by atoms with van der Waals surface area (Å²) in [4.78, 5) is 11.9. The summed E-state index contributed by atoms with van der Waals surface area (Å²) in [6, 6.07) is 12.5. The Morgan fingerprint density at radius 2 is 1.74 bits per heavy atom. The Morgan fingerprint density at radius 3 is 2.47 bits per heavy atom. The van der Waals surface area contributed by atoms with Crippen LogP contribution in [0.4, 0.5) is 13.2 Å². The van der Waals surface area contributed by atoms with E-state index in [1.54, 1.807) is 24.3 Å². The maximum Gasteiger partial charge on any atom is 0.401 e.